The third-order valence-electron chi connectivity index (χ3n) is 2.28. The van der Waals surface area contributed by atoms with Gasteiger partial charge in [-0.05, 0) is 24.3 Å². The molecule has 0 atom stereocenters. The zero-order chi connectivity index (χ0) is 12.6. The van der Waals surface area contributed by atoms with Gasteiger partial charge in [-0.3, -0.25) is 0 Å². The van der Waals surface area contributed by atoms with E-state index in [0.29, 0.717) is 0 Å². The summed E-state index contributed by atoms with van der Waals surface area (Å²) >= 11 is 11.6. The first kappa shape index (κ1) is 12.0. The minimum Gasteiger partial charge on any atom is -0.507 e. The van der Waals surface area contributed by atoms with E-state index in [1.807, 2.05) is 0 Å². The second kappa shape index (κ2) is 4.43. The lowest BCUT2D eigenvalue weighted by Crippen LogP contribution is -1.87. The molecule has 0 aromatic heterocycles. The summed E-state index contributed by atoms with van der Waals surface area (Å²) in [5, 5.41) is 19.6. The van der Waals surface area contributed by atoms with Crippen molar-refractivity contribution in [3.8, 4) is 22.6 Å². The van der Waals surface area contributed by atoms with Gasteiger partial charge in [0.2, 0.25) is 0 Å². The molecule has 2 rings (SSSR count). The molecule has 0 amide bonds. The quantitative estimate of drug-likeness (QED) is 0.817. The van der Waals surface area contributed by atoms with Crippen molar-refractivity contribution in [1.29, 1.82) is 0 Å². The Kier molecular flexibility index (Phi) is 3.13. The van der Waals surface area contributed by atoms with Crippen molar-refractivity contribution in [3.05, 3.63) is 46.2 Å². The van der Waals surface area contributed by atoms with E-state index in [9.17, 15) is 14.6 Å². The predicted molar refractivity (Wildman–Crippen MR) is 65.2 cm³/mol. The topological polar surface area (TPSA) is 40.5 Å². The number of aromatic hydroxyl groups is 2. The van der Waals surface area contributed by atoms with Crippen LogP contribution in [0.25, 0.3) is 11.1 Å². The number of benzene rings is 2. The Morgan fingerprint density at radius 3 is 2.24 bits per heavy atom. The van der Waals surface area contributed by atoms with E-state index in [0.717, 1.165) is 0 Å². The first-order chi connectivity index (χ1) is 8.00. The monoisotopic (exact) mass is 272 g/mol. The molecular formula is C12H7Cl2FO2. The molecule has 0 bridgehead atoms. The zero-order valence-corrected chi connectivity index (χ0v) is 9.93. The van der Waals surface area contributed by atoms with E-state index in [-0.39, 0.29) is 32.7 Å². The van der Waals surface area contributed by atoms with Gasteiger partial charge in [-0.1, -0.05) is 29.3 Å². The molecule has 88 valence electrons. The number of phenols is 2. The molecule has 0 saturated carbocycles. The number of halogens is 3. The van der Waals surface area contributed by atoms with E-state index in [1.54, 1.807) is 0 Å². The molecule has 5 heteroatoms. The van der Waals surface area contributed by atoms with Crippen LogP contribution in [0, 0.1) is 5.82 Å². The molecule has 0 spiro atoms. The van der Waals surface area contributed by atoms with Gasteiger partial charge in [0.1, 0.15) is 17.3 Å². The molecule has 2 aromatic rings. The predicted octanol–water partition coefficient (Wildman–Crippen LogP) is 4.21. The summed E-state index contributed by atoms with van der Waals surface area (Å²) in [4.78, 5) is 0. The van der Waals surface area contributed by atoms with Gasteiger partial charge in [0.05, 0.1) is 10.6 Å². The average molecular weight is 273 g/mol. The smallest absolute Gasteiger partial charge is 0.134 e. The van der Waals surface area contributed by atoms with Gasteiger partial charge in [0.25, 0.3) is 0 Å². The standard InChI is InChI=1S/C12H7Cl2FO2/c13-6-4-7(14)11(10(17)5-6)12-8(15)2-1-3-9(12)16/h1-5,16-17H. The third-order valence-corrected chi connectivity index (χ3v) is 2.79. The normalized spacial score (nSPS) is 10.5. The summed E-state index contributed by atoms with van der Waals surface area (Å²) in [6, 6.07) is 6.43. The van der Waals surface area contributed by atoms with Crippen LogP contribution in [-0.4, -0.2) is 10.2 Å². The molecule has 2 N–H and O–H groups in total. The summed E-state index contributed by atoms with van der Waals surface area (Å²) in [5.74, 6) is -1.27. The Labute approximate surface area is 107 Å². The molecule has 0 saturated heterocycles. The van der Waals surface area contributed by atoms with Crippen LogP contribution >= 0.6 is 23.2 Å². The summed E-state index contributed by atoms with van der Waals surface area (Å²) in [5.41, 5.74) is -0.127. The lowest BCUT2D eigenvalue weighted by atomic mass is 10.0. The van der Waals surface area contributed by atoms with Gasteiger partial charge in [0.15, 0.2) is 0 Å². The highest BCUT2D eigenvalue weighted by atomic mass is 35.5. The highest BCUT2D eigenvalue weighted by Gasteiger charge is 2.18. The Bertz CT molecular complexity index is 541. The van der Waals surface area contributed by atoms with E-state index >= 15 is 0 Å². The van der Waals surface area contributed by atoms with Crippen molar-refractivity contribution >= 4 is 23.2 Å². The van der Waals surface area contributed by atoms with Gasteiger partial charge in [-0.25, -0.2) is 4.39 Å². The Hall–Kier alpha value is -1.45. The third kappa shape index (κ3) is 2.16. The van der Waals surface area contributed by atoms with Crippen molar-refractivity contribution in [2.24, 2.45) is 0 Å². The zero-order valence-electron chi connectivity index (χ0n) is 8.42. The van der Waals surface area contributed by atoms with Gasteiger partial charge in [-0.2, -0.15) is 0 Å². The van der Waals surface area contributed by atoms with Crippen LogP contribution in [0.2, 0.25) is 10.0 Å². The van der Waals surface area contributed by atoms with Crippen LogP contribution in [0.4, 0.5) is 4.39 Å². The number of rotatable bonds is 1. The summed E-state index contributed by atoms with van der Waals surface area (Å²) in [7, 11) is 0. The van der Waals surface area contributed by atoms with Crippen molar-refractivity contribution in [1.82, 2.24) is 0 Å². The number of phenolic OH excluding ortho intramolecular Hbond substituents is 2. The van der Waals surface area contributed by atoms with Gasteiger partial charge in [-0.15, -0.1) is 0 Å². The Balaban J connectivity index is 2.77. The summed E-state index contributed by atoms with van der Waals surface area (Å²) < 4.78 is 13.6. The molecule has 2 aromatic carbocycles. The van der Waals surface area contributed by atoms with Crippen molar-refractivity contribution in [2.45, 2.75) is 0 Å². The van der Waals surface area contributed by atoms with E-state index in [2.05, 4.69) is 0 Å². The largest absolute Gasteiger partial charge is 0.507 e. The fourth-order valence-corrected chi connectivity index (χ4v) is 2.14. The van der Waals surface area contributed by atoms with E-state index in [4.69, 9.17) is 23.2 Å². The molecule has 17 heavy (non-hydrogen) atoms. The maximum absolute atomic E-state index is 13.6. The highest BCUT2D eigenvalue weighted by molar-refractivity contribution is 6.37. The fraction of sp³-hybridized carbons (Fsp3) is 0. The maximum atomic E-state index is 13.6. The van der Waals surface area contributed by atoms with Crippen LogP contribution < -0.4 is 0 Å². The van der Waals surface area contributed by atoms with Crippen molar-refractivity contribution < 1.29 is 14.6 Å². The van der Waals surface area contributed by atoms with Crippen molar-refractivity contribution in [2.75, 3.05) is 0 Å². The molecule has 0 aliphatic carbocycles. The average Bonchev–Trinajstić information content (AvgIpc) is 2.21. The molecular weight excluding hydrogens is 266 g/mol. The van der Waals surface area contributed by atoms with E-state index in [1.165, 1.54) is 30.3 Å². The molecule has 0 heterocycles. The lowest BCUT2D eigenvalue weighted by molar-refractivity contribution is 0.464. The highest BCUT2D eigenvalue weighted by Crippen LogP contribution is 2.43. The van der Waals surface area contributed by atoms with Gasteiger partial charge >= 0.3 is 0 Å². The van der Waals surface area contributed by atoms with Gasteiger partial charge in [0, 0.05) is 10.6 Å². The molecule has 0 fully saturated rings. The first-order valence-corrected chi connectivity index (χ1v) is 5.42. The fourth-order valence-electron chi connectivity index (χ4n) is 1.57. The minimum atomic E-state index is -0.676. The maximum Gasteiger partial charge on any atom is 0.134 e. The SMILES string of the molecule is Oc1cccc(F)c1-c1c(O)cc(Cl)cc1Cl. The minimum absolute atomic E-state index is 0.0201. The second-order valence-electron chi connectivity index (χ2n) is 3.42. The van der Waals surface area contributed by atoms with Crippen molar-refractivity contribution in [3.63, 3.8) is 0 Å². The molecule has 0 unspecified atom stereocenters. The van der Waals surface area contributed by atoms with Crippen LogP contribution in [0.1, 0.15) is 0 Å². The second-order valence-corrected chi connectivity index (χ2v) is 4.26. The molecule has 0 aliphatic heterocycles. The molecule has 0 aliphatic rings. The van der Waals surface area contributed by atoms with Gasteiger partial charge < -0.3 is 10.2 Å². The molecule has 0 radical (unpaired) electrons. The lowest BCUT2D eigenvalue weighted by Gasteiger charge is -2.10. The summed E-state index contributed by atoms with van der Waals surface area (Å²) in [6.07, 6.45) is 0. The molecule has 2 nitrogen and oxygen atoms in total. The number of hydrogen-bond donors (Lipinski definition) is 2. The Morgan fingerprint density at radius 1 is 0.941 bits per heavy atom. The first-order valence-electron chi connectivity index (χ1n) is 4.66. The number of hydrogen-bond acceptors (Lipinski definition) is 2. The van der Waals surface area contributed by atoms with Crippen LogP contribution in [0.15, 0.2) is 30.3 Å². The summed E-state index contributed by atoms with van der Waals surface area (Å²) in [6.45, 7) is 0. The Morgan fingerprint density at radius 2 is 1.65 bits per heavy atom. The van der Waals surface area contributed by atoms with Crippen LogP contribution in [0.5, 0.6) is 11.5 Å². The van der Waals surface area contributed by atoms with E-state index < -0.39 is 5.82 Å². The van der Waals surface area contributed by atoms with Crippen LogP contribution in [0.3, 0.4) is 0 Å². The van der Waals surface area contributed by atoms with Crippen LogP contribution in [-0.2, 0) is 0 Å².